The number of carbonyl (C=O) groups is 3. The molecule has 0 aromatic rings. The van der Waals surface area contributed by atoms with Gasteiger partial charge in [-0.15, -0.1) is 0 Å². The zero-order valence-corrected chi connectivity index (χ0v) is 8.02. The van der Waals surface area contributed by atoms with Crippen LogP contribution >= 0.6 is 0 Å². The molecule has 0 heterocycles. The second-order valence-corrected chi connectivity index (χ2v) is 3.30. The molecule has 0 aliphatic carbocycles. The lowest BCUT2D eigenvalue weighted by Gasteiger charge is -2.23. The maximum absolute atomic E-state index is 10.7. The Morgan fingerprint density at radius 2 is 1.86 bits per heavy atom. The van der Waals surface area contributed by atoms with Crippen molar-refractivity contribution in [1.29, 1.82) is 0 Å². The summed E-state index contributed by atoms with van der Waals surface area (Å²) in [5.41, 5.74) is -1.02. The van der Waals surface area contributed by atoms with Gasteiger partial charge < -0.3 is 15.0 Å². The lowest BCUT2D eigenvalue weighted by atomic mass is 9.79. The molecule has 0 aliphatic heterocycles. The Kier molecular flexibility index (Phi) is 4.83. The number of hydrogen-bond acceptors (Lipinski definition) is 3. The zero-order valence-electron chi connectivity index (χ0n) is 8.02. The van der Waals surface area contributed by atoms with Crippen molar-refractivity contribution in [2.45, 2.75) is 32.6 Å². The zero-order chi connectivity index (χ0) is 11.2. The van der Waals surface area contributed by atoms with E-state index >= 15 is 0 Å². The summed E-state index contributed by atoms with van der Waals surface area (Å²) < 4.78 is 0. The van der Waals surface area contributed by atoms with E-state index in [0.29, 0.717) is 12.7 Å². The third-order valence-electron chi connectivity index (χ3n) is 2.29. The van der Waals surface area contributed by atoms with Crippen molar-refractivity contribution in [3.8, 4) is 0 Å². The Labute approximate surface area is 81.7 Å². The van der Waals surface area contributed by atoms with Crippen molar-refractivity contribution in [2.24, 2.45) is 5.41 Å². The van der Waals surface area contributed by atoms with Gasteiger partial charge in [0.05, 0.1) is 6.42 Å². The van der Waals surface area contributed by atoms with E-state index in [1.807, 2.05) is 0 Å². The van der Waals surface area contributed by atoms with Crippen LogP contribution in [0.2, 0.25) is 0 Å². The van der Waals surface area contributed by atoms with E-state index in [1.54, 1.807) is 6.92 Å². The van der Waals surface area contributed by atoms with E-state index in [9.17, 15) is 14.4 Å². The van der Waals surface area contributed by atoms with Crippen LogP contribution < -0.4 is 0 Å². The number of hydrogen-bond donors (Lipinski definition) is 2. The fraction of sp³-hybridized carbons (Fsp3) is 0.667. The first-order valence-corrected chi connectivity index (χ1v) is 4.35. The molecular weight excluding hydrogens is 188 g/mol. The van der Waals surface area contributed by atoms with Crippen LogP contribution in [0.15, 0.2) is 0 Å². The SMILES string of the molecule is CCC(C=O)(CCC(=O)O)CC(=O)O. The predicted molar refractivity (Wildman–Crippen MR) is 47.9 cm³/mol. The molecule has 1 unspecified atom stereocenters. The maximum atomic E-state index is 10.7. The van der Waals surface area contributed by atoms with Gasteiger partial charge in [0.2, 0.25) is 0 Å². The minimum absolute atomic E-state index is 0.0780. The molecule has 14 heavy (non-hydrogen) atoms. The van der Waals surface area contributed by atoms with E-state index in [1.165, 1.54) is 0 Å². The van der Waals surface area contributed by atoms with Gasteiger partial charge in [-0.25, -0.2) is 0 Å². The molecule has 0 saturated carbocycles. The number of carboxylic acids is 2. The molecule has 0 aromatic heterocycles. The Balaban J connectivity index is 4.44. The van der Waals surface area contributed by atoms with Crippen molar-refractivity contribution in [3.05, 3.63) is 0 Å². The highest BCUT2D eigenvalue weighted by atomic mass is 16.4. The summed E-state index contributed by atoms with van der Waals surface area (Å²) in [6, 6.07) is 0. The quantitative estimate of drug-likeness (QED) is 0.599. The standard InChI is InChI=1S/C9H14O5/c1-2-9(6-10,5-8(13)14)4-3-7(11)12/h6H,2-5H2,1H3,(H,11,12)(H,13,14). The van der Waals surface area contributed by atoms with Gasteiger partial charge >= 0.3 is 11.9 Å². The van der Waals surface area contributed by atoms with Crippen molar-refractivity contribution in [3.63, 3.8) is 0 Å². The molecule has 0 aromatic carbocycles. The van der Waals surface area contributed by atoms with Crippen LogP contribution in [-0.2, 0) is 14.4 Å². The molecule has 2 N–H and O–H groups in total. The second-order valence-electron chi connectivity index (χ2n) is 3.30. The fourth-order valence-corrected chi connectivity index (χ4v) is 1.23. The highest BCUT2D eigenvalue weighted by molar-refractivity contribution is 5.75. The summed E-state index contributed by atoms with van der Waals surface area (Å²) in [5.74, 6) is -2.10. The van der Waals surface area contributed by atoms with Crippen molar-refractivity contribution < 1.29 is 24.6 Å². The molecule has 0 rings (SSSR count). The first-order chi connectivity index (χ1) is 6.45. The van der Waals surface area contributed by atoms with Crippen LogP contribution in [0.5, 0.6) is 0 Å². The second kappa shape index (κ2) is 5.36. The average Bonchev–Trinajstić information content (AvgIpc) is 2.11. The third kappa shape index (κ3) is 4.02. The van der Waals surface area contributed by atoms with E-state index in [2.05, 4.69) is 0 Å². The largest absolute Gasteiger partial charge is 0.481 e. The minimum Gasteiger partial charge on any atom is -0.481 e. The lowest BCUT2D eigenvalue weighted by Crippen LogP contribution is -2.26. The van der Waals surface area contributed by atoms with E-state index in [0.717, 1.165) is 0 Å². The van der Waals surface area contributed by atoms with E-state index < -0.39 is 17.4 Å². The lowest BCUT2D eigenvalue weighted by molar-refractivity contribution is -0.144. The number of aliphatic carboxylic acids is 2. The monoisotopic (exact) mass is 202 g/mol. The number of rotatable bonds is 7. The van der Waals surface area contributed by atoms with Crippen LogP contribution in [0.25, 0.3) is 0 Å². The van der Waals surface area contributed by atoms with Gasteiger partial charge in [0.15, 0.2) is 0 Å². The van der Waals surface area contributed by atoms with Crippen molar-refractivity contribution in [2.75, 3.05) is 0 Å². The first kappa shape index (κ1) is 12.6. The fourth-order valence-electron chi connectivity index (χ4n) is 1.23. The van der Waals surface area contributed by atoms with Crippen LogP contribution in [0.3, 0.4) is 0 Å². The normalized spacial score (nSPS) is 14.4. The Bertz CT molecular complexity index is 235. The molecular formula is C9H14O5. The molecule has 0 bridgehead atoms. The molecule has 0 spiro atoms. The van der Waals surface area contributed by atoms with Crippen LogP contribution in [0.1, 0.15) is 32.6 Å². The average molecular weight is 202 g/mol. The molecule has 0 radical (unpaired) electrons. The highest BCUT2D eigenvalue weighted by Crippen LogP contribution is 2.29. The molecule has 0 saturated heterocycles. The Morgan fingerprint density at radius 1 is 1.29 bits per heavy atom. The number of aldehydes is 1. The van der Waals surface area contributed by atoms with Gasteiger partial charge in [-0.2, -0.15) is 0 Å². The highest BCUT2D eigenvalue weighted by Gasteiger charge is 2.31. The molecule has 1 atom stereocenters. The smallest absolute Gasteiger partial charge is 0.304 e. The molecule has 80 valence electrons. The summed E-state index contributed by atoms with van der Waals surface area (Å²) in [7, 11) is 0. The van der Waals surface area contributed by atoms with Crippen molar-refractivity contribution in [1.82, 2.24) is 0 Å². The number of carboxylic acid groups (broad SMARTS) is 2. The van der Waals surface area contributed by atoms with Crippen LogP contribution in [-0.4, -0.2) is 28.4 Å². The molecule has 0 fully saturated rings. The maximum Gasteiger partial charge on any atom is 0.304 e. The third-order valence-corrected chi connectivity index (χ3v) is 2.29. The summed E-state index contributed by atoms with van der Waals surface area (Å²) in [5, 5.41) is 17.0. The summed E-state index contributed by atoms with van der Waals surface area (Å²) >= 11 is 0. The van der Waals surface area contributed by atoms with Gasteiger partial charge in [-0.3, -0.25) is 9.59 Å². The van der Waals surface area contributed by atoms with Gasteiger partial charge in [0.1, 0.15) is 6.29 Å². The topological polar surface area (TPSA) is 91.7 Å². The summed E-state index contributed by atoms with van der Waals surface area (Å²) in [6.45, 7) is 1.68. The first-order valence-electron chi connectivity index (χ1n) is 4.35. The molecule has 0 aliphatic rings. The summed E-state index contributed by atoms with van der Waals surface area (Å²) in [4.78, 5) is 31.5. The molecule has 5 heteroatoms. The number of carbonyl (C=O) groups excluding carboxylic acids is 1. The van der Waals surface area contributed by atoms with Gasteiger partial charge in [0.25, 0.3) is 0 Å². The van der Waals surface area contributed by atoms with Crippen molar-refractivity contribution >= 4 is 18.2 Å². The minimum atomic E-state index is -1.08. The molecule has 5 nitrogen and oxygen atoms in total. The van der Waals surface area contributed by atoms with E-state index in [-0.39, 0.29) is 19.3 Å². The summed E-state index contributed by atoms with van der Waals surface area (Å²) in [6.07, 6.45) is 0.495. The van der Waals surface area contributed by atoms with E-state index in [4.69, 9.17) is 10.2 Å². The molecule has 0 amide bonds. The Hall–Kier alpha value is -1.39. The van der Waals surface area contributed by atoms with Gasteiger partial charge in [-0.05, 0) is 12.8 Å². The predicted octanol–water partition coefficient (Wildman–Crippen LogP) is 0.921. The van der Waals surface area contributed by atoms with Crippen LogP contribution in [0, 0.1) is 5.41 Å². The van der Waals surface area contributed by atoms with Gasteiger partial charge in [-0.1, -0.05) is 6.92 Å². The van der Waals surface area contributed by atoms with Crippen LogP contribution in [0.4, 0.5) is 0 Å². The van der Waals surface area contributed by atoms with Gasteiger partial charge in [0, 0.05) is 11.8 Å². The Morgan fingerprint density at radius 3 is 2.14 bits per heavy atom.